The van der Waals surface area contributed by atoms with E-state index in [4.69, 9.17) is 14.6 Å². The Morgan fingerprint density at radius 3 is 2.51 bits per heavy atom. The van der Waals surface area contributed by atoms with E-state index in [2.05, 4.69) is 4.68 Å². The molecule has 10 heteroatoms. The minimum atomic E-state index is -2.82. The number of fused-ring (bicyclic) bond motifs is 2. The molecule has 8 nitrogen and oxygen atoms in total. The monoisotopic (exact) mass is 518 g/mol. The van der Waals surface area contributed by atoms with Gasteiger partial charge in [-0.05, 0) is 43.4 Å². The first-order chi connectivity index (χ1) is 17.9. The topological polar surface area (TPSA) is 76.9 Å². The number of esters is 1. The SMILES string of the molecule is CC.COC(=O)c1cc2c(cc1C(F)F)N(c1nn(C3CCOCC3)c3c1CN(C(C)=O)CC3)CCC2. The van der Waals surface area contributed by atoms with Gasteiger partial charge in [-0.2, -0.15) is 5.10 Å². The Kier molecular flexibility index (Phi) is 8.46. The molecule has 0 radical (unpaired) electrons. The second kappa shape index (κ2) is 11.6. The lowest BCUT2D eigenvalue weighted by atomic mass is 9.94. The van der Waals surface area contributed by atoms with Crippen LogP contribution in [0.25, 0.3) is 0 Å². The van der Waals surface area contributed by atoms with Gasteiger partial charge >= 0.3 is 5.97 Å². The standard InChI is InChI=1S/C25H30F2N4O4.C2H6/c1-15(32)29-9-5-21-20(14-29)24(28-31(21)17-6-10-35-11-7-17)30-8-3-4-16-12-19(25(33)34-2)18(23(26)27)13-22(16)30;1-2/h12-13,17,23H,3-11,14H2,1-2H3;1-2H3. The number of aryl methyl sites for hydroxylation is 1. The summed E-state index contributed by atoms with van der Waals surface area (Å²) in [4.78, 5) is 28.2. The van der Waals surface area contributed by atoms with Crippen molar-refractivity contribution in [2.24, 2.45) is 0 Å². The maximum absolute atomic E-state index is 14.0. The van der Waals surface area contributed by atoms with Crippen LogP contribution in [0.1, 0.15) is 85.2 Å². The zero-order valence-corrected chi connectivity index (χ0v) is 22.1. The summed E-state index contributed by atoms with van der Waals surface area (Å²) in [7, 11) is 1.19. The Balaban J connectivity index is 0.00000156. The van der Waals surface area contributed by atoms with Gasteiger partial charge in [-0.1, -0.05) is 13.8 Å². The Morgan fingerprint density at radius 2 is 1.86 bits per heavy atom. The molecule has 1 saturated heterocycles. The Labute approximate surface area is 216 Å². The third-order valence-electron chi connectivity index (χ3n) is 7.31. The number of methoxy groups -OCH3 is 1. The number of carbonyl (C=O) groups is 2. The molecule has 37 heavy (non-hydrogen) atoms. The first kappa shape index (κ1) is 27.0. The van der Waals surface area contributed by atoms with E-state index in [1.54, 1.807) is 17.9 Å². The van der Waals surface area contributed by atoms with Crippen LogP contribution in [-0.2, 0) is 33.7 Å². The van der Waals surface area contributed by atoms with Crippen molar-refractivity contribution in [3.8, 4) is 0 Å². The molecule has 0 N–H and O–H groups in total. The van der Waals surface area contributed by atoms with Crippen molar-refractivity contribution >= 4 is 23.4 Å². The van der Waals surface area contributed by atoms with E-state index in [-0.39, 0.29) is 23.1 Å². The van der Waals surface area contributed by atoms with Gasteiger partial charge in [0.1, 0.15) is 0 Å². The molecule has 0 atom stereocenters. The van der Waals surface area contributed by atoms with Gasteiger partial charge in [0.05, 0.1) is 25.3 Å². The average molecular weight is 519 g/mol. The van der Waals surface area contributed by atoms with Crippen LogP contribution >= 0.6 is 0 Å². The number of benzene rings is 1. The molecule has 0 bridgehead atoms. The van der Waals surface area contributed by atoms with Crippen molar-refractivity contribution in [2.75, 3.05) is 38.3 Å². The summed E-state index contributed by atoms with van der Waals surface area (Å²) < 4.78 is 40.4. The molecule has 2 aromatic rings. The number of carbonyl (C=O) groups excluding carboxylic acids is 2. The number of ether oxygens (including phenoxy) is 2. The summed E-state index contributed by atoms with van der Waals surface area (Å²) in [5.41, 5.74) is 3.10. The van der Waals surface area contributed by atoms with Crippen molar-refractivity contribution in [1.82, 2.24) is 14.7 Å². The molecular formula is C27H36F2N4O4. The summed E-state index contributed by atoms with van der Waals surface area (Å²) in [5.74, 6) is -0.0508. The smallest absolute Gasteiger partial charge is 0.338 e. The van der Waals surface area contributed by atoms with Crippen LogP contribution in [0.2, 0.25) is 0 Å². The zero-order valence-electron chi connectivity index (χ0n) is 22.1. The summed E-state index contributed by atoms with van der Waals surface area (Å²) in [6, 6.07) is 3.16. The van der Waals surface area contributed by atoms with Crippen LogP contribution in [0.15, 0.2) is 12.1 Å². The Hall–Kier alpha value is -3.01. The maximum atomic E-state index is 14.0. The third-order valence-corrected chi connectivity index (χ3v) is 7.31. The van der Waals surface area contributed by atoms with Crippen LogP contribution < -0.4 is 4.90 Å². The number of hydrogen-bond acceptors (Lipinski definition) is 6. The summed E-state index contributed by atoms with van der Waals surface area (Å²) in [6.07, 6.45) is 1.06. The molecule has 0 aliphatic carbocycles. The van der Waals surface area contributed by atoms with E-state index in [9.17, 15) is 18.4 Å². The van der Waals surface area contributed by atoms with Crippen LogP contribution in [0.4, 0.5) is 20.3 Å². The highest BCUT2D eigenvalue weighted by Gasteiger charge is 2.34. The molecule has 1 amide bonds. The molecule has 0 spiro atoms. The van der Waals surface area contributed by atoms with Crippen LogP contribution in [0.5, 0.6) is 0 Å². The lowest BCUT2D eigenvalue weighted by Gasteiger charge is -2.33. The van der Waals surface area contributed by atoms with Crippen molar-refractivity contribution in [3.05, 3.63) is 40.1 Å². The van der Waals surface area contributed by atoms with E-state index in [1.165, 1.54) is 13.2 Å². The van der Waals surface area contributed by atoms with E-state index in [0.717, 1.165) is 36.1 Å². The number of alkyl halides is 2. The molecule has 1 aromatic carbocycles. The van der Waals surface area contributed by atoms with Crippen molar-refractivity contribution < 1.29 is 27.8 Å². The minimum absolute atomic E-state index is 0.00201. The highest BCUT2D eigenvalue weighted by Crippen LogP contribution is 2.41. The quantitative estimate of drug-likeness (QED) is 0.532. The Morgan fingerprint density at radius 1 is 1.14 bits per heavy atom. The molecule has 3 aliphatic rings. The first-order valence-electron chi connectivity index (χ1n) is 13.1. The van der Waals surface area contributed by atoms with Gasteiger partial charge in [-0.15, -0.1) is 0 Å². The second-order valence-electron chi connectivity index (χ2n) is 9.34. The van der Waals surface area contributed by atoms with Crippen LogP contribution in [0, 0.1) is 0 Å². The number of amides is 1. The molecule has 5 rings (SSSR count). The van der Waals surface area contributed by atoms with Crippen LogP contribution in [0.3, 0.4) is 0 Å². The van der Waals surface area contributed by atoms with Gasteiger partial charge in [0.25, 0.3) is 6.43 Å². The number of nitrogens with zero attached hydrogens (tertiary/aromatic N) is 4. The van der Waals surface area contributed by atoms with Gasteiger partial charge < -0.3 is 19.3 Å². The minimum Gasteiger partial charge on any atom is -0.465 e. The predicted molar refractivity (Wildman–Crippen MR) is 136 cm³/mol. The van der Waals surface area contributed by atoms with Gasteiger partial charge in [-0.3, -0.25) is 9.48 Å². The lowest BCUT2D eigenvalue weighted by molar-refractivity contribution is -0.129. The normalized spacial score (nSPS) is 17.6. The largest absolute Gasteiger partial charge is 0.465 e. The number of hydrogen-bond donors (Lipinski definition) is 0. The number of rotatable bonds is 4. The van der Waals surface area contributed by atoms with Gasteiger partial charge in [0.2, 0.25) is 5.91 Å². The molecule has 0 saturated carbocycles. The van der Waals surface area contributed by atoms with E-state index < -0.39 is 12.4 Å². The fraction of sp³-hybridized carbons (Fsp3) is 0.593. The van der Waals surface area contributed by atoms with Crippen molar-refractivity contribution in [2.45, 2.75) is 71.9 Å². The van der Waals surface area contributed by atoms with E-state index in [0.29, 0.717) is 57.2 Å². The molecule has 3 aliphatic heterocycles. The number of halogens is 2. The van der Waals surface area contributed by atoms with E-state index in [1.807, 2.05) is 18.7 Å². The maximum Gasteiger partial charge on any atom is 0.338 e. The first-order valence-corrected chi connectivity index (χ1v) is 13.1. The van der Waals surface area contributed by atoms with Gasteiger partial charge in [-0.25, -0.2) is 13.6 Å². The molecule has 4 heterocycles. The van der Waals surface area contributed by atoms with Crippen LogP contribution in [-0.4, -0.2) is 60.0 Å². The molecule has 202 valence electrons. The van der Waals surface area contributed by atoms with Gasteiger partial charge in [0.15, 0.2) is 5.82 Å². The second-order valence-corrected chi connectivity index (χ2v) is 9.34. The summed E-state index contributed by atoms with van der Waals surface area (Å²) in [5, 5.41) is 5.05. The highest BCUT2D eigenvalue weighted by molar-refractivity contribution is 5.92. The Bertz CT molecular complexity index is 1140. The highest BCUT2D eigenvalue weighted by atomic mass is 19.3. The molecule has 1 fully saturated rings. The molecule has 1 aromatic heterocycles. The van der Waals surface area contributed by atoms with Crippen molar-refractivity contribution in [1.29, 1.82) is 0 Å². The summed E-state index contributed by atoms with van der Waals surface area (Å²) in [6.45, 7) is 8.60. The molecular weight excluding hydrogens is 482 g/mol. The third kappa shape index (κ3) is 5.21. The fourth-order valence-corrected chi connectivity index (χ4v) is 5.48. The zero-order chi connectivity index (χ0) is 26.7. The molecule has 0 unspecified atom stereocenters. The lowest BCUT2D eigenvalue weighted by Crippen LogP contribution is -2.36. The number of aromatic nitrogens is 2. The van der Waals surface area contributed by atoms with Crippen molar-refractivity contribution in [3.63, 3.8) is 0 Å². The summed E-state index contributed by atoms with van der Waals surface area (Å²) >= 11 is 0. The average Bonchev–Trinajstić information content (AvgIpc) is 3.31. The van der Waals surface area contributed by atoms with E-state index >= 15 is 0 Å². The predicted octanol–water partition coefficient (Wildman–Crippen LogP) is 4.97. The number of anilines is 2. The fourth-order valence-electron chi connectivity index (χ4n) is 5.48. The van der Waals surface area contributed by atoms with Gasteiger partial charge in [0, 0.05) is 62.2 Å².